The highest BCUT2D eigenvalue weighted by molar-refractivity contribution is 5.90. The standard InChI is InChI=1S/C18H20N2O/c1-3-15-8-10-17(11-9-15)20-18(21)19-13-12-16-6-4-14(2)5-7-16/h4-13H,3H2,1-2H3,(H2,19,20,21)/b13-12+. The third-order valence-corrected chi connectivity index (χ3v) is 3.19. The first kappa shape index (κ1) is 14.9. The van der Waals surface area contributed by atoms with Crippen LogP contribution >= 0.6 is 0 Å². The van der Waals surface area contributed by atoms with E-state index >= 15 is 0 Å². The molecule has 0 aliphatic heterocycles. The van der Waals surface area contributed by atoms with Crippen LogP contribution in [0.25, 0.3) is 6.08 Å². The fourth-order valence-corrected chi connectivity index (χ4v) is 1.88. The molecule has 2 aromatic carbocycles. The van der Waals surface area contributed by atoms with E-state index in [1.165, 1.54) is 11.1 Å². The first-order valence-corrected chi connectivity index (χ1v) is 7.07. The molecule has 0 fully saturated rings. The van der Waals surface area contributed by atoms with E-state index in [4.69, 9.17) is 0 Å². The summed E-state index contributed by atoms with van der Waals surface area (Å²) in [6.07, 6.45) is 4.49. The van der Waals surface area contributed by atoms with E-state index in [0.29, 0.717) is 0 Å². The summed E-state index contributed by atoms with van der Waals surface area (Å²) in [5.74, 6) is 0. The molecule has 0 aromatic heterocycles. The van der Waals surface area contributed by atoms with Crippen LogP contribution < -0.4 is 10.6 Å². The molecule has 2 rings (SSSR count). The van der Waals surface area contributed by atoms with Crippen molar-refractivity contribution in [1.82, 2.24) is 5.32 Å². The van der Waals surface area contributed by atoms with Crippen LogP contribution in [0.4, 0.5) is 10.5 Å². The lowest BCUT2D eigenvalue weighted by Crippen LogP contribution is -2.23. The highest BCUT2D eigenvalue weighted by Gasteiger charge is 1.98. The normalized spacial score (nSPS) is 10.6. The lowest BCUT2D eigenvalue weighted by atomic mass is 10.1. The van der Waals surface area contributed by atoms with Crippen LogP contribution in [0, 0.1) is 6.92 Å². The number of anilines is 1. The predicted octanol–water partition coefficient (Wildman–Crippen LogP) is 4.35. The number of nitrogens with one attached hydrogen (secondary N) is 2. The zero-order valence-corrected chi connectivity index (χ0v) is 12.4. The first-order chi connectivity index (χ1) is 10.2. The van der Waals surface area contributed by atoms with E-state index in [2.05, 4.69) is 17.6 Å². The van der Waals surface area contributed by atoms with Crippen LogP contribution in [0.1, 0.15) is 23.6 Å². The van der Waals surface area contributed by atoms with E-state index < -0.39 is 0 Å². The molecule has 108 valence electrons. The molecule has 0 atom stereocenters. The molecule has 0 aliphatic carbocycles. The van der Waals surface area contributed by atoms with E-state index in [0.717, 1.165) is 17.7 Å². The van der Waals surface area contributed by atoms with Crippen LogP contribution in [0.2, 0.25) is 0 Å². The van der Waals surface area contributed by atoms with Crippen LogP contribution in [0.3, 0.4) is 0 Å². The molecule has 0 bridgehead atoms. The van der Waals surface area contributed by atoms with Gasteiger partial charge in [0.1, 0.15) is 0 Å². The summed E-state index contributed by atoms with van der Waals surface area (Å²) in [6.45, 7) is 4.15. The van der Waals surface area contributed by atoms with Gasteiger partial charge in [-0.15, -0.1) is 0 Å². The van der Waals surface area contributed by atoms with Crippen LogP contribution in [-0.2, 0) is 6.42 Å². The van der Waals surface area contributed by atoms with Gasteiger partial charge in [0, 0.05) is 11.9 Å². The Balaban J connectivity index is 1.85. The number of amides is 2. The predicted molar refractivity (Wildman–Crippen MR) is 88.2 cm³/mol. The largest absolute Gasteiger partial charge is 0.323 e. The molecular formula is C18H20N2O. The van der Waals surface area contributed by atoms with Gasteiger partial charge in [-0.25, -0.2) is 4.79 Å². The van der Waals surface area contributed by atoms with Gasteiger partial charge in [-0.3, -0.25) is 0 Å². The average Bonchev–Trinajstić information content (AvgIpc) is 2.50. The van der Waals surface area contributed by atoms with Crippen LogP contribution in [0.5, 0.6) is 0 Å². The number of rotatable bonds is 4. The lowest BCUT2D eigenvalue weighted by molar-refractivity contribution is 0.255. The van der Waals surface area contributed by atoms with Gasteiger partial charge in [-0.2, -0.15) is 0 Å². The Morgan fingerprint density at radius 1 is 1.05 bits per heavy atom. The van der Waals surface area contributed by atoms with Gasteiger partial charge in [0.05, 0.1) is 0 Å². The lowest BCUT2D eigenvalue weighted by Gasteiger charge is -2.05. The molecule has 3 nitrogen and oxygen atoms in total. The quantitative estimate of drug-likeness (QED) is 0.859. The maximum Gasteiger partial charge on any atom is 0.323 e. The zero-order chi connectivity index (χ0) is 15.1. The Labute approximate surface area is 125 Å². The van der Waals surface area contributed by atoms with Gasteiger partial charge in [-0.1, -0.05) is 48.9 Å². The average molecular weight is 280 g/mol. The number of aryl methyl sites for hydroxylation is 2. The van der Waals surface area contributed by atoms with Crippen LogP contribution in [0.15, 0.2) is 54.7 Å². The Morgan fingerprint density at radius 2 is 1.71 bits per heavy atom. The Bertz CT molecular complexity index is 613. The minimum absolute atomic E-state index is 0.248. The smallest absolute Gasteiger partial charge is 0.314 e. The van der Waals surface area contributed by atoms with E-state index in [1.54, 1.807) is 6.20 Å². The molecule has 0 saturated carbocycles. The van der Waals surface area contributed by atoms with Crippen molar-refractivity contribution < 1.29 is 4.79 Å². The molecule has 2 N–H and O–H groups in total. The second-order valence-electron chi connectivity index (χ2n) is 4.89. The van der Waals surface area contributed by atoms with Gasteiger partial charge in [0.15, 0.2) is 0 Å². The van der Waals surface area contributed by atoms with Crippen molar-refractivity contribution in [3.63, 3.8) is 0 Å². The van der Waals surface area contributed by atoms with Gasteiger partial charge in [0.25, 0.3) is 0 Å². The number of benzene rings is 2. The van der Waals surface area contributed by atoms with Gasteiger partial charge >= 0.3 is 6.03 Å². The molecule has 3 heteroatoms. The third-order valence-electron chi connectivity index (χ3n) is 3.19. The molecule has 0 saturated heterocycles. The van der Waals surface area contributed by atoms with Crippen molar-refractivity contribution in [1.29, 1.82) is 0 Å². The molecule has 0 heterocycles. The Hall–Kier alpha value is -2.55. The van der Waals surface area contributed by atoms with E-state index in [1.807, 2.05) is 61.5 Å². The summed E-state index contributed by atoms with van der Waals surface area (Å²) in [5, 5.41) is 5.48. The minimum atomic E-state index is -0.248. The molecule has 0 spiro atoms. The minimum Gasteiger partial charge on any atom is -0.314 e. The summed E-state index contributed by atoms with van der Waals surface area (Å²) in [5.41, 5.74) is 4.30. The monoisotopic (exact) mass is 280 g/mol. The fraction of sp³-hybridized carbons (Fsp3) is 0.167. The SMILES string of the molecule is CCc1ccc(NC(=O)N/C=C/c2ccc(C)cc2)cc1. The number of carbonyl (C=O) groups is 1. The van der Waals surface area contributed by atoms with Crippen molar-refractivity contribution in [2.24, 2.45) is 0 Å². The van der Waals surface area contributed by atoms with Crippen molar-refractivity contribution >= 4 is 17.8 Å². The molecule has 2 amide bonds. The third kappa shape index (κ3) is 4.80. The second-order valence-corrected chi connectivity index (χ2v) is 4.89. The van der Waals surface area contributed by atoms with Crippen LogP contribution in [-0.4, -0.2) is 6.03 Å². The van der Waals surface area contributed by atoms with Crippen molar-refractivity contribution in [2.75, 3.05) is 5.32 Å². The van der Waals surface area contributed by atoms with Crippen molar-refractivity contribution in [3.8, 4) is 0 Å². The van der Waals surface area contributed by atoms with Gasteiger partial charge in [0.2, 0.25) is 0 Å². The summed E-state index contributed by atoms with van der Waals surface area (Å²) in [4.78, 5) is 11.7. The van der Waals surface area contributed by atoms with Gasteiger partial charge in [-0.05, 0) is 42.7 Å². The highest BCUT2D eigenvalue weighted by atomic mass is 16.2. The zero-order valence-electron chi connectivity index (χ0n) is 12.4. The van der Waals surface area contributed by atoms with E-state index in [-0.39, 0.29) is 6.03 Å². The maximum atomic E-state index is 11.7. The molecular weight excluding hydrogens is 260 g/mol. The van der Waals surface area contributed by atoms with Gasteiger partial charge < -0.3 is 10.6 Å². The number of carbonyl (C=O) groups excluding carboxylic acids is 1. The summed E-state index contributed by atoms with van der Waals surface area (Å²) < 4.78 is 0. The summed E-state index contributed by atoms with van der Waals surface area (Å²) in [6, 6.07) is 15.7. The summed E-state index contributed by atoms with van der Waals surface area (Å²) >= 11 is 0. The molecule has 2 aromatic rings. The number of hydrogen-bond donors (Lipinski definition) is 2. The molecule has 0 aliphatic rings. The van der Waals surface area contributed by atoms with E-state index in [9.17, 15) is 4.79 Å². The second kappa shape index (κ2) is 7.29. The Morgan fingerprint density at radius 3 is 2.33 bits per heavy atom. The molecule has 0 radical (unpaired) electrons. The molecule has 21 heavy (non-hydrogen) atoms. The Kier molecular flexibility index (Phi) is 5.16. The molecule has 0 unspecified atom stereocenters. The van der Waals surface area contributed by atoms with Crippen molar-refractivity contribution in [2.45, 2.75) is 20.3 Å². The van der Waals surface area contributed by atoms with Crippen molar-refractivity contribution in [3.05, 3.63) is 71.4 Å². The first-order valence-electron chi connectivity index (χ1n) is 7.07. The summed E-state index contributed by atoms with van der Waals surface area (Å²) in [7, 11) is 0. The number of urea groups is 1. The maximum absolute atomic E-state index is 11.7. The fourth-order valence-electron chi connectivity index (χ4n) is 1.88. The number of hydrogen-bond acceptors (Lipinski definition) is 1. The topological polar surface area (TPSA) is 41.1 Å². The highest BCUT2D eigenvalue weighted by Crippen LogP contribution is 2.09.